The third kappa shape index (κ3) is 2.29. The summed E-state index contributed by atoms with van der Waals surface area (Å²) in [7, 11) is 1.42. The van der Waals surface area contributed by atoms with Crippen LogP contribution in [0.25, 0.3) is 21.8 Å². The predicted molar refractivity (Wildman–Crippen MR) is 94.6 cm³/mol. The molecule has 1 fully saturated rings. The van der Waals surface area contributed by atoms with Gasteiger partial charge in [-0.05, 0) is 43.5 Å². The van der Waals surface area contributed by atoms with E-state index >= 15 is 0 Å². The number of methoxy groups -OCH3 is 1. The van der Waals surface area contributed by atoms with Crippen molar-refractivity contribution in [3.8, 4) is 0 Å². The Morgan fingerprint density at radius 3 is 2.71 bits per heavy atom. The van der Waals surface area contributed by atoms with E-state index in [1.54, 1.807) is 0 Å². The molecule has 0 N–H and O–H groups in total. The van der Waals surface area contributed by atoms with Crippen molar-refractivity contribution in [2.45, 2.75) is 25.8 Å². The van der Waals surface area contributed by atoms with Gasteiger partial charge in [0, 0.05) is 35.5 Å². The Labute approximate surface area is 141 Å². The SMILES string of the molecule is COC(=O)c1ccc2c3c(C)cccc3n(C3CCOCC3)c2c1. The second-order valence-electron chi connectivity index (χ2n) is 6.41. The lowest BCUT2D eigenvalue weighted by Gasteiger charge is -2.25. The Bertz CT molecular complexity index is 919. The summed E-state index contributed by atoms with van der Waals surface area (Å²) in [6, 6.07) is 12.7. The zero-order chi connectivity index (χ0) is 16.7. The van der Waals surface area contributed by atoms with Gasteiger partial charge in [-0.1, -0.05) is 18.2 Å². The number of carbonyl (C=O) groups excluding carboxylic acids is 1. The summed E-state index contributed by atoms with van der Waals surface area (Å²) in [5.41, 5.74) is 4.20. The van der Waals surface area contributed by atoms with E-state index in [0.717, 1.165) is 31.6 Å². The lowest BCUT2D eigenvalue weighted by atomic mass is 10.1. The molecule has 4 heteroatoms. The lowest BCUT2D eigenvalue weighted by Crippen LogP contribution is -2.19. The summed E-state index contributed by atoms with van der Waals surface area (Å²) in [5.74, 6) is -0.294. The Kier molecular flexibility index (Phi) is 3.77. The maximum absolute atomic E-state index is 12.0. The first-order valence-corrected chi connectivity index (χ1v) is 8.40. The molecule has 0 radical (unpaired) electrons. The monoisotopic (exact) mass is 323 g/mol. The number of ether oxygens (including phenoxy) is 2. The number of benzene rings is 2. The van der Waals surface area contributed by atoms with Crippen LogP contribution in [0.1, 0.15) is 34.8 Å². The topological polar surface area (TPSA) is 40.5 Å². The molecule has 1 aromatic heterocycles. The molecule has 2 heterocycles. The largest absolute Gasteiger partial charge is 0.465 e. The Morgan fingerprint density at radius 1 is 1.17 bits per heavy atom. The number of fused-ring (bicyclic) bond motifs is 3. The van der Waals surface area contributed by atoms with Crippen molar-refractivity contribution in [1.82, 2.24) is 4.57 Å². The lowest BCUT2D eigenvalue weighted by molar-refractivity contribution is 0.0600. The van der Waals surface area contributed by atoms with Gasteiger partial charge in [0.2, 0.25) is 0 Å². The van der Waals surface area contributed by atoms with Crippen LogP contribution >= 0.6 is 0 Å². The third-order valence-corrected chi connectivity index (χ3v) is 5.01. The highest BCUT2D eigenvalue weighted by Crippen LogP contribution is 2.37. The minimum Gasteiger partial charge on any atom is -0.465 e. The van der Waals surface area contributed by atoms with Crippen LogP contribution in [0.15, 0.2) is 36.4 Å². The smallest absolute Gasteiger partial charge is 0.337 e. The van der Waals surface area contributed by atoms with Gasteiger partial charge >= 0.3 is 5.97 Å². The molecule has 3 aromatic rings. The fraction of sp³-hybridized carbons (Fsp3) is 0.350. The number of carbonyl (C=O) groups is 1. The molecule has 2 aromatic carbocycles. The molecule has 0 bridgehead atoms. The van der Waals surface area contributed by atoms with Crippen molar-refractivity contribution in [3.05, 3.63) is 47.5 Å². The second-order valence-corrected chi connectivity index (χ2v) is 6.41. The molecule has 1 aliphatic heterocycles. The number of hydrogen-bond donors (Lipinski definition) is 0. The van der Waals surface area contributed by atoms with Crippen LogP contribution in [-0.2, 0) is 9.47 Å². The fourth-order valence-electron chi connectivity index (χ4n) is 3.86. The molecule has 0 aliphatic carbocycles. The molecule has 4 nitrogen and oxygen atoms in total. The van der Waals surface area contributed by atoms with Crippen LogP contribution in [0.4, 0.5) is 0 Å². The van der Waals surface area contributed by atoms with Gasteiger partial charge in [-0.15, -0.1) is 0 Å². The van der Waals surface area contributed by atoms with E-state index in [2.05, 4.69) is 29.7 Å². The summed E-state index contributed by atoms with van der Waals surface area (Å²) in [4.78, 5) is 12.0. The Hall–Kier alpha value is -2.33. The highest BCUT2D eigenvalue weighted by molar-refractivity contribution is 6.11. The quantitative estimate of drug-likeness (QED) is 0.662. The standard InChI is InChI=1S/C20H21NO3/c1-13-4-3-5-17-19(13)16-7-6-14(20(22)23-2)12-18(16)21(17)15-8-10-24-11-9-15/h3-7,12,15H,8-11H2,1-2H3. The highest BCUT2D eigenvalue weighted by atomic mass is 16.5. The highest BCUT2D eigenvalue weighted by Gasteiger charge is 2.22. The van der Waals surface area contributed by atoms with Gasteiger partial charge in [0.1, 0.15) is 0 Å². The normalized spacial score (nSPS) is 15.9. The fourth-order valence-corrected chi connectivity index (χ4v) is 3.86. The summed E-state index contributed by atoms with van der Waals surface area (Å²) in [6.45, 7) is 3.72. The van der Waals surface area contributed by atoms with E-state index in [4.69, 9.17) is 9.47 Å². The maximum atomic E-state index is 12.0. The van der Waals surface area contributed by atoms with E-state index in [1.165, 1.54) is 29.0 Å². The minimum absolute atomic E-state index is 0.294. The number of aryl methyl sites for hydroxylation is 1. The molecule has 1 saturated heterocycles. The van der Waals surface area contributed by atoms with Gasteiger partial charge in [-0.25, -0.2) is 4.79 Å². The summed E-state index contributed by atoms with van der Waals surface area (Å²) in [5, 5.41) is 2.47. The van der Waals surface area contributed by atoms with Gasteiger partial charge in [0.05, 0.1) is 18.2 Å². The van der Waals surface area contributed by atoms with E-state index in [0.29, 0.717) is 11.6 Å². The van der Waals surface area contributed by atoms with Gasteiger partial charge in [0.25, 0.3) is 0 Å². The number of hydrogen-bond acceptors (Lipinski definition) is 3. The molecule has 124 valence electrons. The van der Waals surface area contributed by atoms with E-state index < -0.39 is 0 Å². The molecular formula is C20H21NO3. The first-order chi connectivity index (χ1) is 11.7. The van der Waals surface area contributed by atoms with Crippen molar-refractivity contribution in [2.24, 2.45) is 0 Å². The summed E-state index contributed by atoms with van der Waals surface area (Å²) >= 11 is 0. The maximum Gasteiger partial charge on any atom is 0.337 e. The number of esters is 1. The molecule has 0 atom stereocenters. The Morgan fingerprint density at radius 2 is 1.96 bits per heavy atom. The van der Waals surface area contributed by atoms with Crippen molar-refractivity contribution in [3.63, 3.8) is 0 Å². The first kappa shape index (κ1) is 15.2. The van der Waals surface area contributed by atoms with Crippen LogP contribution in [-0.4, -0.2) is 30.9 Å². The summed E-state index contributed by atoms with van der Waals surface area (Å²) in [6.07, 6.45) is 1.99. The average Bonchev–Trinajstić information content (AvgIpc) is 2.96. The molecule has 4 rings (SSSR count). The van der Waals surface area contributed by atoms with Crippen molar-refractivity contribution >= 4 is 27.8 Å². The van der Waals surface area contributed by atoms with Crippen LogP contribution in [0.3, 0.4) is 0 Å². The average molecular weight is 323 g/mol. The third-order valence-electron chi connectivity index (χ3n) is 5.01. The zero-order valence-corrected chi connectivity index (χ0v) is 14.0. The minimum atomic E-state index is -0.294. The molecular weight excluding hydrogens is 302 g/mol. The molecule has 0 amide bonds. The van der Waals surface area contributed by atoms with Crippen molar-refractivity contribution in [1.29, 1.82) is 0 Å². The van der Waals surface area contributed by atoms with Crippen LogP contribution in [0, 0.1) is 6.92 Å². The van der Waals surface area contributed by atoms with Gasteiger partial charge < -0.3 is 14.0 Å². The number of rotatable bonds is 2. The van der Waals surface area contributed by atoms with Gasteiger partial charge in [0.15, 0.2) is 0 Å². The molecule has 0 spiro atoms. The number of nitrogens with zero attached hydrogens (tertiary/aromatic N) is 1. The van der Waals surface area contributed by atoms with Crippen molar-refractivity contribution < 1.29 is 14.3 Å². The van der Waals surface area contributed by atoms with E-state index in [9.17, 15) is 4.79 Å². The predicted octanol–water partition coefficient (Wildman–Crippen LogP) is 4.24. The molecule has 0 saturated carbocycles. The molecule has 0 unspecified atom stereocenters. The second kappa shape index (κ2) is 5.95. The van der Waals surface area contributed by atoms with E-state index in [1.807, 2.05) is 18.2 Å². The van der Waals surface area contributed by atoms with Crippen LogP contribution in [0.5, 0.6) is 0 Å². The Balaban J connectivity index is 2.04. The van der Waals surface area contributed by atoms with E-state index in [-0.39, 0.29) is 5.97 Å². The van der Waals surface area contributed by atoms with Crippen molar-refractivity contribution in [2.75, 3.05) is 20.3 Å². The van der Waals surface area contributed by atoms with Gasteiger partial charge in [-0.3, -0.25) is 0 Å². The molecule has 24 heavy (non-hydrogen) atoms. The molecule has 1 aliphatic rings. The first-order valence-electron chi connectivity index (χ1n) is 8.40. The zero-order valence-electron chi connectivity index (χ0n) is 14.0. The van der Waals surface area contributed by atoms with Crippen LogP contribution < -0.4 is 0 Å². The summed E-state index contributed by atoms with van der Waals surface area (Å²) < 4.78 is 12.8. The number of aromatic nitrogens is 1. The van der Waals surface area contributed by atoms with Crippen LogP contribution in [0.2, 0.25) is 0 Å². The van der Waals surface area contributed by atoms with Gasteiger partial charge in [-0.2, -0.15) is 0 Å².